The first kappa shape index (κ1) is 58.7. The van der Waals surface area contributed by atoms with Crippen LogP contribution in [-0.2, 0) is 33.2 Å². The fraction of sp³-hybridized carbons (Fsp3) is 1.00. The average Bonchev–Trinajstić information content (AvgIpc) is 3.24. The van der Waals surface area contributed by atoms with Gasteiger partial charge in [0, 0.05) is 39.6 Å². The van der Waals surface area contributed by atoms with Crippen molar-refractivity contribution in [3.8, 4) is 0 Å². The maximum Gasteiger partial charge on any atom is 0.157 e. The van der Waals surface area contributed by atoms with Gasteiger partial charge in [-0.15, -0.1) is 0 Å². The van der Waals surface area contributed by atoms with Crippen LogP contribution in [0.5, 0.6) is 0 Å². The molecule has 0 amide bonds. The van der Waals surface area contributed by atoms with Gasteiger partial charge in [-0.1, -0.05) is 207 Å². The summed E-state index contributed by atoms with van der Waals surface area (Å²) in [5.74, 6) is 0. The van der Waals surface area contributed by atoms with Crippen molar-refractivity contribution in [1.82, 2.24) is 0 Å². The van der Waals surface area contributed by atoms with Crippen LogP contribution in [0, 0.1) is 0 Å². The average molecular weight is 843 g/mol. The van der Waals surface area contributed by atoms with Crippen LogP contribution >= 0.6 is 0 Å². The third kappa shape index (κ3) is 50.2. The number of unbranched alkanes of at least 4 members (excludes halogenated alkanes) is 30. The molecule has 0 bridgehead atoms. The molecular weight excluding hydrogens is 737 g/mol. The lowest BCUT2D eigenvalue weighted by Crippen LogP contribution is -2.19. The van der Waals surface area contributed by atoms with Crippen LogP contribution in [-0.4, -0.2) is 65.8 Å². The normalized spacial score (nSPS) is 11.9. The zero-order valence-electron chi connectivity index (χ0n) is 40.5. The molecule has 0 aliphatic heterocycles. The van der Waals surface area contributed by atoms with Crippen molar-refractivity contribution in [2.24, 2.45) is 0 Å². The molecular formula is C52H106O7. The molecule has 0 heterocycles. The second-order valence-electron chi connectivity index (χ2n) is 17.5. The first-order valence-electron chi connectivity index (χ1n) is 26.5. The van der Waals surface area contributed by atoms with E-state index in [1.54, 1.807) is 0 Å². The molecule has 0 atom stereocenters. The molecule has 0 radical (unpaired) electrons. The van der Waals surface area contributed by atoms with Gasteiger partial charge in [0.1, 0.15) is 13.6 Å². The molecule has 0 saturated heterocycles. The predicted molar refractivity (Wildman–Crippen MR) is 252 cm³/mol. The molecule has 0 spiro atoms. The summed E-state index contributed by atoms with van der Waals surface area (Å²) in [6.45, 7) is 14.5. The molecule has 0 unspecified atom stereocenters. The monoisotopic (exact) mass is 843 g/mol. The van der Waals surface area contributed by atoms with E-state index < -0.39 is 0 Å². The summed E-state index contributed by atoms with van der Waals surface area (Å²) in [5, 5.41) is 0. The predicted octanol–water partition coefficient (Wildman–Crippen LogP) is 16.6. The molecule has 0 aromatic rings. The van der Waals surface area contributed by atoms with Gasteiger partial charge < -0.3 is 33.2 Å². The molecule has 0 aliphatic carbocycles. The zero-order valence-corrected chi connectivity index (χ0v) is 40.5. The van der Waals surface area contributed by atoms with Crippen molar-refractivity contribution in [3.05, 3.63) is 0 Å². The Kier molecular flexibility index (Phi) is 53.6. The molecule has 0 N–H and O–H groups in total. The highest BCUT2D eigenvalue weighted by molar-refractivity contribution is 4.54. The van der Waals surface area contributed by atoms with E-state index in [-0.39, 0.29) is 12.6 Å². The van der Waals surface area contributed by atoms with Crippen molar-refractivity contribution in [2.45, 2.75) is 284 Å². The van der Waals surface area contributed by atoms with E-state index in [1.807, 2.05) is 0 Å². The molecule has 0 aromatic carbocycles. The molecule has 0 aliphatic rings. The maximum atomic E-state index is 6.23. The summed E-state index contributed by atoms with van der Waals surface area (Å²) in [7, 11) is 0. The fourth-order valence-corrected chi connectivity index (χ4v) is 7.53. The summed E-state index contributed by atoms with van der Waals surface area (Å²) < 4.78 is 41.9. The van der Waals surface area contributed by atoms with E-state index in [0.717, 1.165) is 117 Å². The van der Waals surface area contributed by atoms with Gasteiger partial charge in [0.15, 0.2) is 12.6 Å². The molecule has 0 aromatic heterocycles. The molecule has 0 saturated carbocycles. The van der Waals surface area contributed by atoms with Crippen molar-refractivity contribution < 1.29 is 33.2 Å². The lowest BCUT2D eigenvalue weighted by molar-refractivity contribution is -0.148. The number of hydrogen-bond acceptors (Lipinski definition) is 7. The topological polar surface area (TPSA) is 64.6 Å². The second kappa shape index (κ2) is 53.9. The minimum atomic E-state index is -0.0415. The van der Waals surface area contributed by atoms with E-state index in [2.05, 4.69) is 27.7 Å². The standard InChI is InChI=1S/C52H106O7/c1-5-9-13-17-21-27-37-45-56-51(57-46-38-28-22-18-14-10-6-2)41-33-25-31-35-43-53-49-55-50-54-44-36-32-26-34-42-52(58-47-39-29-23-19-15-11-7-3)59-48-40-30-24-20-16-12-8-4/h51-52H,5-50H2,1-4H3. The zero-order chi connectivity index (χ0) is 42.6. The Morgan fingerprint density at radius 1 is 0.220 bits per heavy atom. The highest BCUT2D eigenvalue weighted by Gasteiger charge is 2.11. The molecule has 7 nitrogen and oxygen atoms in total. The molecule has 0 rings (SSSR count). The third-order valence-electron chi connectivity index (χ3n) is 11.5. The minimum Gasteiger partial charge on any atom is -0.355 e. The SMILES string of the molecule is CCCCCCCCCOC(CCCCCCOCOCOCCCCCCC(OCCCCCCCCC)OCCCCCCCCC)OCCCCCCCCC. The Morgan fingerprint density at radius 2 is 0.441 bits per heavy atom. The maximum absolute atomic E-state index is 6.23. The first-order chi connectivity index (χ1) is 29.3. The van der Waals surface area contributed by atoms with Gasteiger partial charge in [-0.2, -0.15) is 0 Å². The van der Waals surface area contributed by atoms with Gasteiger partial charge in [0.05, 0.1) is 0 Å². The van der Waals surface area contributed by atoms with Crippen molar-refractivity contribution >= 4 is 0 Å². The largest absolute Gasteiger partial charge is 0.355 e. The van der Waals surface area contributed by atoms with Crippen molar-refractivity contribution in [1.29, 1.82) is 0 Å². The first-order valence-corrected chi connectivity index (χ1v) is 26.5. The van der Waals surface area contributed by atoms with E-state index in [4.69, 9.17) is 33.2 Å². The number of ether oxygens (including phenoxy) is 7. The number of hydrogen-bond donors (Lipinski definition) is 0. The van der Waals surface area contributed by atoms with E-state index in [0.29, 0.717) is 13.6 Å². The van der Waals surface area contributed by atoms with Crippen LogP contribution in [0.2, 0.25) is 0 Å². The van der Waals surface area contributed by atoms with Crippen LogP contribution < -0.4 is 0 Å². The lowest BCUT2D eigenvalue weighted by Gasteiger charge is -2.19. The van der Waals surface area contributed by atoms with Gasteiger partial charge >= 0.3 is 0 Å². The van der Waals surface area contributed by atoms with Crippen LogP contribution in [0.3, 0.4) is 0 Å². The van der Waals surface area contributed by atoms with Gasteiger partial charge in [-0.05, 0) is 64.2 Å². The molecule has 7 heteroatoms. The Morgan fingerprint density at radius 3 is 0.712 bits per heavy atom. The Bertz CT molecular complexity index is 627. The van der Waals surface area contributed by atoms with Crippen LogP contribution in [0.25, 0.3) is 0 Å². The summed E-state index contributed by atoms with van der Waals surface area (Å²) in [4.78, 5) is 0. The Labute approximate surface area is 369 Å². The summed E-state index contributed by atoms with van der Waals surface area (Å²) in [6.07, 6.45) is 47.7. The van der Waals surface area contributed by atoms with Crippen LogP contribution in [0.15, 0.2) is 0 Å². The lowest BCUT2D eigenvalue weighted by atomic mass is 10.1. The van der Waals surface area contributed by atoms with Gasteiger partial charge in [-0.25, -0.2) is 0 Å². The second-order valence-corrected chi connectivity index (χ2v) is 17.5. The van der Waals surface area contributed by atoms with Gasteiger partial charge in [-0.3, -0.25) is 0 Å². The summed E-state index contributed by atoms with van der Waals surface area (Å²) in [5.41, 5.74) is 0. The van der Waals surface area contributed by atoms with Gasteiger partial charge in [0.2, 0.25) is 0 Å². The smallest absolute Gasteiger partial charge is 0.157 e. The Balaban J connectivity index is 3.93. The minimum absolute atomic E-state index is 0.0415. The van der Waals surface area contributed by atoms with Crippen molar-refractivity contribution in [2.75, 3.05) is 53.2 Å². The third-order valence-corrected chi connectivity index (χ3v) is 11.5. The Hall–Kier alpha value is -0.280. The quantitative estimate of drug-likeness (QED) is 0.0446. The highest BCUT2D eigenvalue weighted by atomic mass is 16.7. The van der Waals surface area contributed by atoms with Crippen LogP contribution in [0.1, 0.15) is 272 Å². The van der Waals surface area contributed by atoms with Crippen molar-refractivity contribution in [3.63, 3.8) is 0 Å². The van der Waals surface area contributed by atoms with E-state index in [1.165, 1.54) is 167 Å². The van der Waals surface area contributed by atoms with Crippen LogP contribution in [0.4, 0.5) is 0 Å². The van der Waals surface area contributed by atoms with E-state index in [9.17, 15) is 0 Å². The molecule has 0 fully saturated rings. The fourth-order valence-electron chi connectivity index (χ4n) is 7.53. The van der Waals surface area contributed by atoms with E-state index >= 15 is 0 Å². The molecule has 59 heavy (non-hydrogen) atoms. The molecule has 356 valence electrons. The summed E-state index contributed by atoms with van der Waals surface area (Å²) >= 11 is 0. The summed E-state index contributed by atoms with van der Waals surface area (Å²) in [6, 6.07) is 0. The van der Waals surface area contributed by atoms with Gasteiger partial charge in [0.25, 0.3) is 0 Å². The number of rotatable bonds is 54. The highest BCUT2D eigenvalue weighted by Crippen LogP contribution is 2.16.